The van der Waals surface area contributed by atoms with Gasteiger partial charge in [-0.15, -0.1) is 15.3 Å². The third kappa shape index (κ3) is 10.9. The summed E-state index contributed by atoms with van der Waals surface area (Å²) in [4.78, 5) is 11.2. The van der Waals surface area contributed by atoms with Gasteiger partial charge in [0.25, 0.3) is 0 Å². The quantitative estimate of drug-likeness (QED) is 0.0503. The molecule has 3 N–H and O–H groups in total. The average molecular weight is 878 g/mol. The molecule has 0 aromatic heterocycles. The predicted octanol–water partition coefficient (Wildman–Crippen LogP) is -2.46. The van der Waals surface area contributed by atoms with Gasteiger partial charge in [0.1, 0.15) is 36.1 Å². The SMILES string of the molecule is Nc1ccc(N=Nc2ccc(N=Nc3ccc(N/N=C4/C(=O)C=Cc5ccc(S(=O)(=O)[O-])cc54)c4ccc(S(=O)(=O)[O-])cc34)c3ccc(S(=O)(=O)[O-])cc23)cc1.[Na+].[Na+].[Na+]. The van der Waals surface area contributed by atoms with Crippen LogP contribution in [-0.4, -0.2) is 50.4 Å². The molecule has 1 aliphatic carbocycles. The van der Waals surface area contributed by atoms with E-state index in [9.17, 15) is 43.7 Å². The smallest absolute Gasteiger partial charge is 0.744 e. The summed E-state index contributed by atoms with van der Waals surface area (Å²) in [6.45, 7) is 0. The number of nitrogens with zero attached hydrogens (tertiary/aromatic N) is 5. The number of fused-ring (bicyclic) bond motifs is 3. The number of carbonyl (C=O) groups excluding carboxylic acids is 1. The van der Waals surface area contributed by atoms with Crippen molar-refractivity contribution >= 4 is 104 Å². The van der Waals surface area contributed by atoms with Crippen LogP contribution in [0.1, 0.15) is 11.1 Å². The Hall–Kier alpha value is -3.55. The summed E-state index contributed by atoms with van der Waals surface area (Å²) >= 11 is 0. The molecule has 0 saturated carbocycles. The molecule has 17 nitrogen and oxygen atoms in total. The number of hydrogen-bond acceptors (Lipinski definition) is 17. The van der Waals surface area contributed by atoms with Crippen LogP contribution in [0.4, 0.5) is 34.1 Å². The minimum atomic E-state index is -4.95. The van der Waals surface area contributed by atoms with E-state index in [1.54, 1.807) is 24.3 Å². The van der Waals surface area contributed by atoms with Crippen LogP contribution in [0.5, 0.6) is 0 Å². The van der Waals surface area contributed by atoms with E-state index in [4.69, 9.17) is 5.73 Å². The van der Waals surface area contributed by atoms with Gasteiger partial charge in [-0.05, 0) is 96.6 Å². The van der Waals surface area contributed by atoms with Crippen molar-refractivity contribution in [2.24, 2.45) is 25.6 Å². The van der Waals surface area contributed by atoms with Crippen molar-refractivity contribution in [3.63, 3.8) is 0 Å². The standard InChI is InChI=1S/C36H25N7O10S3.3Na/c37-21-3-5-22(6-4-21)38-39-33-14-12-31(26-10-8-24(18-29(26)33)55(48,49)50)40-41-34-15-13-32(27-11-9-25(19-30(27)34)56(51,52)53)42-43-36-28-17-23(54(45,46)47)7-1-20(28)2-16-35(36)44;;;/h1-19,42H,37H2,(H,45,46,47)(H,48,49,50)(H,51,52,53);;;/q;3*+1/p-3/b39-38?,41-40?,43-36+;;;. The molecule has 0 saturated heterocycles. The molecule has 0 unspecified atom stereocenters. The predicted molar refractivity (Wildman–Crippen MR) is 202 cm³/mol. The van der Waals surface area contributed by atoms with E-state index >= 15 is 0 Å². The summed E-state index contributed by atoms with van der Waals surface area (Å²) in [5.74, 6) is -0.607. The molecular weight excluding hydrogens is 856 g/mol. The van der Waals surface area contributed by atoms with Crippen LogP contribution < -0.4 is 99.8 Å². The first kappa shape index (κ1) is 48.1. The second-order valence-corrected chi connectivity index (χ2v) is 16.2. The maximum atomic E-state index is 12.9. The molecule has 59 heavy (non-hydrogen) atoms. The topological polar surface area (TPSA) is 289 Å². The molecule has 282 valence electrons. The molecule has 0 fully saturated rings. The molecule has 6 aromatic carbocycles. The fourth-order valence-electron chi connectivity index (χ4n) is 5.69. The number of hydrogen-bond donors (Lipinski definition) is 2. The Balaban J connectivity index is 0.00000256. The number of anilines is 2. The fourth-order valence-corrected chi connectivity index (χ4v) is 7.18. The van der Waals surface area contributed by atoms with Gasteiger partial charge in [-0.3, -0.25) is 10.2 Å². The van der Waals surface area contributed by atoms with Crippen molar-refractivity contribution in [1.82, 2.24) is 0 Å². The van der Waals surface area contributed by atoms with Gasteiger partial charge in [-0.2, -0.15) is 10.2 Å². The first-order valence-electron chi connectivity index (χ1n) is 15.9. The summed E-state index contributed by atoms with van der Waals surface area (Å²) in [6, 6.07) is 22.8. The van der Waals surface area contributed by atoms with Gasteiger partial charge in [0.2, 0.25) is 5.78 Å². The van der Waals surface area contributed by atoms with E-state index in [-0.39, 0.29) is 139 Å². The zero-order chi connectivity index (χ0) is 40.0. The van der Waals surface area contributed by atoms with Crippen LogP contribution in [0.3, 0.4) is 0 Å². The molecule has 6 aromatic rings. The van der Waals surface area contributed by atoms with Crippen molar-refractivity contribution in [2.75, 3.05) is 11.2 Å². The normalized spacial score (nSPS) is 13.6. The maximum absolute atomic E-state index is 12.9. The third-order valence-corrected chi connectivity index (χ3v) is 10.9. The summed E-state index contributed by atoms with van der Waals surface area (Å²) in [6.07, 6.45) is 2.64. The number of allylic oxidation sites excluding steroid dienone is 1. The Morgan fingerprint density at radius 1 is 0.508 bits per heavy atom. The number of carbonyl (C=O) groups is 1. The molecule has 0 bridgehead atoms. The van der Waals surface area contributed by atoms with Crippen molar-refractivity contribution in [3.05, 3.63) is 120 Å². The van der Waals surface area contributed by atoms with E-state index in [1.165, 1.54) is 54.6 Å². The number of rotatable bonds is 9. The second kappa shape index (κ2) is 19.0. The monoisotopic (exact) mass is 877 g/mol. The van der Waals surface area contributed by atoms with Crippen LogP contribution >= 0.6 is 0 Å². The van der Waals surface area contributed by atoms with Gasteiger partial charge < -0.3 is 19.4 Å². The molecule has 7 rings (SSSR count). The number of nitrogen functional groups attached to an aromatic ring is 1. The molecule has 0 amide bonds. The number of azo groups is 2. The van der Waals surface area contributed by atoms with Crippen LogP contribution in [0, 0.1) is 0 Å². The van der Waals surface area contributed by atoms with Crippen molar-refractivity contribution < 1.29 is 132 Å². The van der Waals surface area contributed by atoms with Gasteiger partial charge in [0.05, 0.1) is 43.1 Å². The third-order valence-electron chi connectivity index (χ3n) is 8.42. The van der Waals surface area contributed by atoms with E-state index in [1.807, 2.05) is 0 Å². The largest absolute Gasteiger partial charge is 1.00 e. The Morgan fingerprint density at radius 3 is 1.56 bits per heavy atom. The van der Waals surface area contributed by atoms with Gasteiger partial charge in [0.15, 0.2) is 0 Å². The minimum Gasteiger partial charge on any atom is -0.744 e. The summed E-state index contributed by atoms with van der Waals surface area (Å²) in [5, 5.41) is 22.1. The Labute approximate surface area is 403 Å². The van der Waals surface area contributed by atoms with Crippen LogP contribution in [0.15, 0.2) is 149 Å². The van der Waals surface area contributed by atoms with E-state index < -0.39 is 50.8 Å². The van der Waals surface area contributed by atoms with Crippen molar-refractivity contribution in [2.45, 2.75) is 14.7 Å². The second-order valence-electron chi connectivity index (χ2n) is 12.0. The van der Waals surface area contributed by atoms with Gasteiger partial charge in [0, 0.05) is 32.8 Å². The Kier molecular flexibility index (Phi) is 15.5. The molecule has 0 spiro atoms. The Bertz CT molecular complexity index is 3130. The molecular formula is C36H22N7Na3O10S3. The van der Waals surface area contributed by atoms with Crippen molar-refractivity contribution in [1.29, 1.82) is 0 Å². The molecule has 0 aliphatic heterocycles. The van der Waals surface area contributed by atoms with E-state index in [0.29, 0.717) is 22.3 Å². The maximum Gasteiger partial charge on any atom is 1.00 e. The summed E-state index contributed by atoms with van der Waals surface area (Å²) < 4.78 is 107. The average Bonchev–Trinajstić information content (AvgIpc) is 3.15. The van der Waals surface area contributed by atoms with Crippen molar-refractivity contribution in [3.8, 4) is 0 Å². The first-order valence-corrected chi connectivity index (χ1v) is 20.1. The molecule has 0 radical (unpaired) electrons. The van der Waals surface area contributed by atoms with Gasteiger partial charge in [-0.1, -0.05) is 24.3 Å². The number of benzene rings is 6. The zero-order valence-corrected chi connectivity index (χ0v) is 39.5. The minimum absolute atomic E-state index is 0. The van der Waals surface area contributed by atoms with Gasteiger partial charge >= 0.3 is 88.7 Å². The Morgan fingerprint density at radius 2 is 0.983 bits per heavy atom. The van der Waals surface area contributed by atoms with Crippen LogP contribution in [0.2, 0.25) is 0 Å². The van der Waals surface area contributed by atoms with Gasteiger partial charge in [-0.25, -0.2) is 25.3 Å². The van der Waals surface area contributed by atoms with Crippen LogP contribution in [-0.2, 0) is 35.1 Å². The molecule has 1 aliphatic rings. The molecule has 0 heterocycles. The zero-order valence-electron chi connectivity index (χ0n) is 31.1. The van der Waals surface area contributed by atoms with E-state index in [2.05, 4.69) is 31.0 Å². The summed E-state index contributed by atoms with van der Waals surface area (Å²) in [5.41, 5.74) is 10.3. The number of hydrazone groups is 1. The first-order chi connectivity index (χ1) is 26.5. The van der Waals surface area contributed by atoms with E-state index in [0.717, 1.165) is 36.4 Å². The number of nitrogens with one attached hydrogen (secondary N) is 1. The van der Waals surface area contributed by atoms with Crippen LogP contribution in [0.25, 0.3) is 27.6 Å². The fraction of sp³-hybridized carbons (Fsp3) is 0. The number of ketones is 1. The molecule has 23 heteroatoms. The summed E-state index contributed by atoms with van der Waals surface area (Å²) in [7, 11) is -14.7. The number of nitrogens with two attached hydrogens (primary N) is 1. The molecule has 0 atom stereocenters.